The molecule has 5 heteroatoms. The summed E-state index contributed by atoms with van der Waals surface area (Å²) in [6, 6.07) is 17.0. The highest BCUT2D eigenvalue weighted by atomic mass is 35.5. The second-order valence-electron chi connectivity index (χ2n) is 11.1. The van der Waals surface area contributed by atoms with E-state index in [0.717, 1.165) is 62.5 Å². The standard InChI is InChI=1S/C31H41ClN2O2/c1-22(2)24-13-15-26(16-14-24)31(36)34(21-23-9-5-3-6-10-23)29(25-17-19-27(32)20-18-25)30(35)33-28-11-7-4-8-12-28/h3,5-6,9-10,17-20,22,24,26,28-29H,4,7-8,11-16,21H2,1-2H3,(H,33,35). The predicted molar refractivity (Wildman–Crippen MR) is 146 cm³/mol. The molecule has 0 heterocycles. The molecule has 0 saturated heterocycles. The van der Waals surface area contributed by atoms with Crippen LogP contribution in [-0.2, 0) is 16.1 Å². The molecule has 2 aliphatic carbocycles. The molecule has 36 heavy (non-hydrogen) atoms. The molecule has 4 nitrogen and oxygen atoms in total. The highest BCUT2D eigenvalue weighted by molar-refractivity contribution is 6.30. The fourth-order valence-electron chi connectivity index (χ4n) is 5.99. The molecule has 4 rings (SSSR count). The fraction of sp³-hybridized carbons (Fsp3) is 0.548. The zero-order chi connectivity index (χ0) is 25.5. The Labute approximate surface area is 221 Å². The van der Waals surface area contributed by atoms with Crippen molar-refractivity contribution >= 4 is 23.4 Å². The first-order chi connectivity index (χ1) is 17.4. The molecule has 2 saturated carbocycles. The minimum atomic E-state index is -0.681. The lowest BCUT2D eigenvalue weighted by Gasteiger charge is -2.38. The van der Waals surface area contributed by atoms with E-state index in [0.29, 0.717) is 23.4 Å². The van der Waals surface area contributed by atoms with Crippen LogP contribution in [0.1, 0.15) is 88.8 Å². The molecule has 2 amide bonds. The lowest BCUT2D eigenvalue weighted by Crippen LogP contribution is -2.48. The maximum absolute atomic E-state index is 14.2. The molecular formula is C31H41ClN2O2. The van der Waals surface area contributed by atoms with E-state index in [-0.39, 0.29) is 23.8 Å². The Morgan fingerprint density at radius 2 is 1.53 bits per heavy atom. The van der Waals surface area contributed by atoms with Crippen molar-refractivity contribution in [2.45, 2.75) is 90.3 Å². The Bertz CT molecular complexity index is 977. The zero-order valence-corrected chi connectivity index (χ0v) is 22.6. The molecule has 2 aliphatic rings. The molecule has 0 spiro atoms. The van der Waals surface area contributed by atoms with Crippen LogP contribution >= 0.6 is 11.6 Å². The van der Waals surface area contributed by atoms with Crippen molar-refractivity contribution in [1.29, 1.82) is 0 Å². The van der Waals surface area contributed by atoms with Gasteiger partial charge in [0.1, 0.15) is 6.04 Å². The highest BCUT2D eigenvalue weighted by Gasteiger charge is 2.37. The quantitative estimate of drug-likeness (QED) is 0.406. The minimum Gasteiger partial charge on any atom is -0.351 e. The number of nitrogens with zero attached hydrogens (tertiary/aromatic N) is 1. The summed E-state index contributed by atoms with van der Waals surface area (Å²) in [5, 5.41) is 3.94. The van der Waals surface area contributed by atoms with Crippen LogP contribution in [-0.4, -0.2) is 22.8 Å². The van der Waals surface area contributed by atoms with Gasteiger partial charge in [-0.05, 0) is 73.6 Å². The molecule has 1 N–H and O–H groups in total. The van der Waals surface area contributed by atoms with Gasteiger partial charge in [0.05, 0.1) is 0 Å². The molecule has 0 bridgehead atoms. The fourth-order valence-corrected chi connectivity index (χ4v) is 6.11. The Hall–Kier alpha value is -2.33. The first-order valence-corrected chi connectivity index (χ1v) is 14.2. The van der Waals surface area contributed by atoms with E-state index in [1.54, 1.807) is 0 Å². The molecule has 194 valence electrons. The third kappa shape index (κ3) is 6.91. The van der Waals surface area contributed by atoms with Gasteiger partial charge in [-0.25, -0.2) is 0 Å². The van der Waals surface area contributed by atoms with Crippen molar-refractivity contribution in [2.24, 2.45) is 17.8 Å². The van der Waals surface area contributed by atoms with E-state index in [9.17, 15) is 9.59 Å². The van der Waals surface area contributed by atoms with Crippen LogP contribution in [0.15, 0.2) is 54.6 Å². The predicted octanol–water partition coefficient (Wildman–Crippen LogP) is 7.32. The number of carbonyl (C=O) groups excluding carboxylic acids is 2. The van der Waals surface area contributed by atoms with Gasteiger partial charge in [-0.2, -0.15) is 0 Å². The van der Waals surface area contributed by atoms with Crippen LogP contribution in [0.5, 0.6) is 0 Å². The summed E-state index contributed by atoms with van der Waals surface area (Å²) < 4.78 is 0. The number of amides is 2. The van der Waals surface area contributed by atoms with Crippen molar-refractivity contribution in [3.8, 4) is 0 Å². The molecule has 0 aromatic heterocycles. The van der Waals surface area contributed by atoms with Crippen molar-refractivity contribution in [1.82, 2.24) is 10.2 Å². The summed E-state index contributed by atoms with van der Waals surface area (Å²) in [6.45, 7) is 4.97. The highest BCUT2D eigenvalue weighted by Crippen LogP contribution is 2.36. The molecule has 0 aliphatic heterocycles. The van der Waals surface area contributed by atoms with Crippen LogP contribution < -0.4 is 5.32 Å². The number of hydrogen-bond donors (Lipinski definition) is 1. The number of benzene rings is 2. The normalized spacial score (nSPS) is 21.7. The Morgan fingerprint density at radius 3 is 2.14 bits per heavy atom. The van der Waals surface area contributed by atoms with E-state index >= 15 is 0 Å². The molecule has 2 aromatic carbocycles. The van der Waals surface area contributed by atoms with Gasteiger partial charge in [0.2, 0.25) is 11.8 Å². The molecular weight excluding hydrogens is 468 g/mol. The van der Waals surface area contributed by atoms with Gasteiger partial charge in [-0.3, -0.25) is 9.59 Å². The van der Waals surface area contributed by atoms with Crippen molar-refractivity contribution in [2.75, 3.05) is 0 Å². The van der Waals surface area contributed by atoms with Gasteiger partial charge in [0, 0.05) is 23.5 Å². The molecule has 2 aromatic rings. The second kappa shape index (κ2) is 12.8. The second-order valence-corrected chi connectivity index (χ2v) is 11.5. The van der Waals surface area contributed by atoms with E-state index in [1.807, 2.05) is 59.5 Å². The van der Waals surface area contributed by atoms with Gasteiger partial charge in [0.25, 0.3) is 0 Å². The Balaban J connectivity index is 1.65. The third-order valence-corrected chi connectivity index (χ3v) is 8.49. The van der Waals surface area contributed by atoms with Crippen LogP contribution in [0.25, 0.3) is 0 Å². The third-order valence-electron chi connectivity index (χ3n) is 8.24. The van der Waals surface area contributed by atoms with Crippen LogP contribution in [0.2, 0.25) is 5.02 Å². The SMILES string of the molecule is CC(C)C1CCC(C(=O)N(Cc2ccccc2)C(C(=O)NC2CCCCC2)c2ccc(Cl)cc2)CC1. The smallest absolute Gasteiger partial charge is 0.247 e. The largest absolute Gasteiger partial charge is 0.351 e. The lowest BCUT2D eigenvalue weighted by atomic mass is 9.76. The minimum absolute atomic E-state index is 0.0407. The van der Waals surface area contributed by atoms with E-state index in [4.69, 9.17) is 11.6 Å². The lowest BCUT2D eigenvalue weighted by molar-refractivity contribution is -0.146. The Morgan fingerprint density at radius 1 is 0.889 bits per heavy atom. The number of hydrogen-bond acceptors (Lipinski definition) is 2. The average Bonchev–Trinajstić information content (AvgIpc) is 2.90. The van der Waals surface area contributed by atoms with E-state index in [1.165, 1.54) is 6.42 Å². The number of halogens is 1. The first kappa shape index (κ1) is 26.7. The van der Waals surface area contributed by atoms with Crippen molar-refractivity contribution in [3.05, 3.63) is 70.7 Å². The maximum Gasteiger partial charge on any atom is 0.247 e. The summed E-state index contributed by atoms with van der Waals surface area (Å²) in [4.78, 5) is 29.9. The van der Waals surface area contributed by atoms with Gasteiger partial charge in [0.15, 0.2) is 0 Å². The molecule has 1 unspecified atom stereocenters. The van der Waals surface area contributed by atoms with Crippen LogP contribution in [0.4, 0.5) is 0 Å². The molecule has 1 atom stereocenters. The van der Waals surface area contributed by atoms with Crippen molar-refractivity contribution < 1.29 is 9.59 Å². The summed E-state index contributed by atoms with van der Waals surface area (Å²) in [5.74, 6) is 1.30. The van der Waals surface area contributed by atoms with Gasteiger partial charge in [-0.15, -0.1) is 0 Å². The van der Waals surface area contributed by atoms with Gasteiger partial charge >= 0.3 is 0 Å². The number of carbonyl (C=O) groups is 2. The summed E-state index contributed by atoms with van der Waals surface area (Å²) in [7, 11) is 0. The van der Waals surface area contributed by atoms with Crippen LogP contribution in [0.3, 0.4) is 0 Å². The first-order valence-electron chi connectivity index (χ1n) is 13.8. The number of rotatable bonds is 8. The maximum atomic E-state index is 14.2. The monoisotopic (exact) mass is 508 g/mol. The van der Waals surface area contributed by atoms with E-state index in [2.05, 4.69) is 19.2 Å². The van der Waals surface area contributed by atoms with Crippen molar-refractivity contribution in [3.63, 3.8) is 0 Å². The summed E-state index contributed by atoms with van der Waals surface area (Å²) >= 11 is 6.20. The summed E-state index contributed by atoms with van der Waals surface area (Å²) in [6.07, 6.45) is 9.46. The number of nitrogens with one attached hydrogen (secondary N) is 1. The molecule has 2 fully saturated rings. The summed E-state index contributed by atoms with van der Waals surface area (Å²) in [5.41, 5.74) is 1.85. The van der Waals surface area contributed by atoms with Gasteiger partial charge < -0.3 is 10.2 Å². The van der Waals surface area contributed by atoms with E-state index < -0.39 is 6.04 Å². The molecule has 0 radical (unpaired) electrons. The zero-order valence-electron chi connectivity index (χ0n) is 21.8. The Kier molecular flexibility index (Phi) is 9.47. The average molecular weight is 509 g/mol. The topological polar surface area (TPSA) is 49.4 Å². The van der Waals surface area contributed by atoms with Crippen LogP contribution in [0, 0.1) is 17.8 Å². The van der Waals surface area contributed by atoms with Gasteiger partial charge in [-0.1, -0.05) is 87.2 Å².